The highest BCUT2D eigenvalue weighted by Crippen LogP contribution is 2.37. The summed E-state index contributed by atoms with van der Waals surface area (Å²) in [6, 6.07) is 0. The highest BCUT2D eigenvalue weighted by molar-refractivity contribution is 7.52. The molecule has 0 fully saturated rings. The topological polar surface area (TPSA) is 57.5 Å². The molecule has 0 spiro atoms. The summed E-state index contributed by atoms with van der Waals surface area (Å²) in [6.45, 7) is 5.77. The van der Waals surface area contributed by atoms with Gasteiger partial charge in [-0.3, -0.25) is 4.57 Å². The Morgan fingerprint density at radius 2 is 1.92 bits per heavy atom. The van der Waals surface area contributed by atoms with Crippen LogP contribution < -0.4 is 0 Å². The molecule has 2 N–H and O–H groups in total. The van der Waals surface area contributed by atoms with Crippen molar-refractivity contribution in [2.45, 2.75) is 39.0 Å². The lowest BCUT2D eigenvalue weighted by molar-refractivity contribution is 0.375. The van der Waals surface area contributed by atoms with E-state index in [2.05, 4.69) is 13.5 Å². The molecule has 0 aliphatic carbocycles. The van der Waals surface area contributed by atoms with Crippen LogP contribution in [0.5, 0.6) is 0 Å². The van der Waals surface area contributed by atoms with E-state index in [-0.39, 0.29) is 6.16 Å². The zero-order valence-corrected chi connectivity index (χ0v) is 9.09. The van der Waals surface area contributed by atoms with Crippen molar-refractivity contribution in [3.63, 3.8) is 0 Å². The van der Waals surface area contributed by atoms with Crippen LogP contribution in [0.25, 0.3) is 0 Å². The second-order valence-electron chi connectivity index (χ2n) is 3.38. The zero-order valence-electron chi connectivity index (χ0n) is 8.20. The Kier molecular flexibility index (Phi) is 6.31. The van der Waals surface area contributed by atoms with Gasteiger partial charge in [0.25, 0.3) is 0 Å². The third kappa shape index (κ3) is 9.81. The molecule has 0 aliphatic heterocycles. The summed E-state index contributed by atoms with van der Waals surface area (Å²) in [5, 5.41) is 0. The number of hydrogen-bond donors (Lipinski definition) is 2. The molecule has 13 heavy (non-hydrogen) atoms. The lowest BCUT2D eigenvalue weighted by Crippen LogP contribution is -1.92. The molecule has 0 saturated carbocycles. The van der Waals surface area contributed by atoms with Crippen molar-refractivity contribution >= 4 is 7.60 Å². The third-order valence-electron chi connectivity index (χ3n) is 1.81. The Hall–Kier alpha value is -0.110. The van der Waals surface area contributed by atoms with Crippen LogP contribution in [-0.2, 0) is 4.57 Å². The standard InChI is InChI=1S/C9H19O3P/c1-3-4-5-6-7-9(2)8-13(10,11)12/h2-8H2,1H3,(H2,10,11,12). The maximum absolute atomic E-state index is 10.6. The molecule has 0 aromatic rings. The summed E-state index contributed by atoms with van der Waals surface area (Å²) in [5.41, 5.74) is 0.671. The van der Waals surface area contributed by atoms with E-state index in [4.69, 9.17) is 9.79 Å². The maximum atomic E-state index is 10.6. The van der Waals surface area contributed by atoms with Gasteiger partial charge >= 0.3 is 7.60 Å². The van der Waals surface area contributed by atoms with Crippen molar-refractivity contribution < 1.29 is 14.4 Å². The molecule has 0 saturated heterocycles. The van der Waals surface area contributed by atoms with Gasteiger partial charge in [-0.2, -0.15) is 0 Å². The van der Waals surface area contributed by atoms with Gasteiger partial charge < -0.3 is 9.79 Å². The van der Waals surface area contributed by atoms with E-state index < -0.39 is 7.60 Å². The quantitative estimate of drug-likeness (QED) is 0.382. The Balaban J connectivity index is 3.47. The van der Waals surface area contributed by atoms with Gasteiger partial charge in [-0.25, -0.2) is 0 Å². The Bertz CT molecular complexity index is 195. The molecule has 0 aliphatic rings. The molecule has 3 nitrogen and oxygen atoms in total. The molecular weight excluding hydrogens is 187 g/mol. The highest BCUT2D eigenvalue weighted by atomic mass is 31.2. The first-order valence-electron chi connectivity index (χ1n) is 4.67. The second kappa shape index (κ2) is 6.36. The molecule has 0 bridgehead atoms. The van der Waals surface area contributed by atoms with Crippen LogP contribution >= 0.6 is 7.60 Å². The van der Waals surface area contributed by atoms with Crippen LogP contribution in [-0.4, -0.2) is 15.9 Å². The SMILES string of the molecule is C=C(CCCCCC)CP(=O)(O)O. The lowest BCUT2D eigenvalue weighted by atomic mass is 10.1. The van der Waals surface area contributed by atoms with E-state index in [0.717, 1.165) is 19.3 Å². The Morgan fingerprint density at radius 3 is 2.38 bits per heavy atom. The van der Waals surface area contributed by atoms with E-state index >= 15 is 0 Å². The number of rotatable bonds is 7. The van der Waals surface area contributed by atoms with Crippen molar-refractivity contribution in [1.82, 2.24) is 0 Å². The van der Waals surface area contributed by atoms with Crippen LogP contribution in [0.2, 0.25) is 0 Å². The first-order valence-corrected chi connectivity index (χ1v) is 6.46. The van der Waals surface area contributed by atoms with Gasteiger partial charge in [-0.05, 0) is 12.8 Å². The second-order valence-corrected chi connectivity index (χ2v) is 5.03. The predicted octanol–water partition coefficient (Wildman–Crippen LogP) is 2.69. The smallest absolute Gasteiger partial charge is 0.324 e. The molecule has 78 valence electrons. The maximum Gasteiger partial charge on any atom is 0.329 e. The minimum atomic E-state index is -3.88. The summed E-state index contributed by atoms with van der Waals surface area (Å²) in [5.74, 6) is 0. The van der Waals surface area contributed by atoms with Gasteiger partial charge in [-0.1, -0.05) is 38.3 Å². The molecule has 0 atom stereocenters. The third-order valence-corrected chi connectivity index (χ3v) is 2.67. The van der Waals surface area contributed by atoms with E-state index in [9.17, 15) is 4.57 Å². The number of unbranched alkanes of at least 4 members (excludes halogenated alkanes) is 3. The van der Waals surface area contributed by atoms with E-state index in [1.54, 1.807) is 0 Å². The fourth-order valence-electron chi connectivity index (χ4n) is 1.17. The van der Waals surface area contributed by atoms with Crippen molar-refractivity contribution in [3.05, 3.63) is 12.2 Å². The van der Waals surface area contributed by atoms with E-state index in [1.165, 1.54) is 12.8 Å². The normalized spacial score (nSPS) is 11.6. The molecule has 0 radical (unpaired) electrons. The van der Waals surface area contributed by atoms with Gasteiger partial charge in [-0.15, -0.1) is 0 Å². The van der Waals surface area contributed by atoms with Crippen LogP contribution in [0.3, 0.4) is 0 Å². The molecule has 0 rings (SSSR count). The molecule has 0 heterocycles. The van der Waals surface area contributed by atoms with E-state index in [1.807, 2.05) is 0 Å². The molecule has 0 aromatic heterocycles. The summed E-state index contributed by atoms with van der Waals surface area (Å²) >= 11 is 0. The van der Waals surface area contributed by atoms with Crippen molar-refractivity contribution in [2.24, 2.45) is 0 Å². The number of allylic oxidation sites excluding steroid dienone is 1. The molecule has 0 unspecified atom stereocenters. The zero-order chi connectivity index (χ0) is 10.3. The monoisotopic (exact) mass is 206 g/mol. The minimum Gasteiger partial charge on any atom is -0.324 e. The lowest BCUT2D eigenvalue weighted by Gasteiger charge is -2.06. The van der Waals surface area contributed by atoms with Crippen molar-refractivity contribution in [1.29, 1.82) is 0 Å². The molecule has 0 aromatic carbocycles. The summed E-state index contributed by atoms with van der Waals surface area (Å²) < 4.78 is 10.6. The molecular formula is C9H19O3P. The average molecular weight is 206 g/mol. The first-order chi connectivity index (χ1) is 5.95. The molecule has 0 amide bonds. The van der Waals surface area contributed by atoms with Crippen molar-refractivity contribution in [2.75, 3.05) is 6.16 Å². The van der Waals surface area contributed by atoms with Crippen LogP contribution in [0.4, 0.5) is 0 Å². The Labute approximate surface area is 80.0 Å². The van der Waals surface area contributed by atoms with Gasteiger partial charge in [0.1, 0.15) is 0 Å². The fourth-order valence-corrected chi connectivity index (χ4v) is 1.91. The van der Waals surface area contributed by atoms with Crippen LogP contribution in [0, 0.1) is 0 Å². The van der Waals surface area contributed by atoms with Gasteiger partial charge in [0.05, 0.1) is 6.16 Å². The van der Waals surface area contributed by atoms with E-state index in [0.29, 0.717) is 5.57 Å². The highest BCUT2D eigenvalue weighted by Gasteiger charge is 2.13. The largest absolute Gasteiger partial charge is 0.329 e. The summed E-state index contributed by atoms with van der Waals surface area (Å²) in [7, 11) is -3.88. The van der Waals surface area contributed by atoms with Crippen LogP contribution in [0.15, 0.2) is 12.2 Å². The predicted molar refractivity (Wildman–Crippen MR) is 54.8 cm³/mol. The summed E-state index contributed by atoms with van der Waals surface area (Å²) in [4.78, 5) is 17.3. The fraction of sp³-hybridized carbons (Fsp3) is 0.778. The summed E-state index contributed by atoms with van der Waals surface area (Å²) in [6.07, 6.45) is 5.06. The molecule has 4 heteroatoms. The minimum absolute atomic E-state index is 0.154. The number of hydrogen-bond acceptors (Lipinski definition) is 1. The first kappa shape index (κ1) is 12.9. The van der Waals surface area contributed by atoms with Crippen LogP contribution in [0.1, 0.15) is 39.0 Å². The van der Waals surface area contributed by atoms with Gasteiger partial charge in [0, 0.05) is 0 Å². The average Bonchev–Trinajstić information content (AvgIpc) is 1.94. The van der Waals surface area contributed by atoms with Gasteiger partial charge in [0.15, 0.2) is 0 Å². The Morgan fingerprint density at radius 1 is 1.31 bits per heavy atom. The van der Waals surface area contributed by atoms with Crippen molar-refractivity contribution in [3.8, 4) is 0 Å². The van der Waals surface area contributed by atoms with Gasteiger partial charge in [0.2, 0.25) is 0 Å².